The van der Waals surface area contributed by atoms with E-state index in [1.165, 1.54) is 12.1 Å². The summed E-state index contributed by atoms with van der Waals surface area (Å²) in [6.45, 7) is 0. The van der Waals surface area contributed by atoms with Gasteiger partial charge in [0.1, 0.15) is 11.6 Å². The molecule has 0 unspecified atom stereocenters. The number of nitrogens with zero attached hydrogens (tertiary/aromatic N) is 1. The Bertz CT molecular complexity index is 570. The minimum Gasteiger partial charge on any atom is -0.496 e. The summed E-state index contributed by atoms with van der Waals surface area (Å²) < 4.78 is 18.4. The van der Waals surface area contributed by atoms with E-state index in [0.717, 1.165) is 5.56 Å². The molecule has 2 nitrogen and oxygen atoms in total. The molecule has 2 aromatic carbocycles. The van der Waals surface area contributed by atoms with Gasteiger partial charge in [0.05, 0.1) is 18.7 Å². The molecule has 0 fully saturated rings. The van der Waals surface area contributed by atoms with E-state index in [-0.39, 0.29) is 5.82 Å². The topological polar surface area (TPSA) is 33.0 Å². The van der Waals surface area contributed by atoms with Gasteiger partial charge in [-0.2, -0.15) is 5.26 Å². The summed E-state index contributed by atoms with van der Waals surface area (Å²) >= 11 is 0. The van der Waals surface area contributed by atoms with E-state index in [9.17, 15) is 4.39 Å². The van der Waals surface area contributed by atoms with Gasteiger partial charge in [0, 0.05) is 5.56 Å². The first-order valence-corrected chi connectivity index (χ1v) is 5.08. The molecule has 0 atom stereocenters. The molecule has 2 rings (SSSR count). The van der Waals surface area contributed by atoms with Gasteiger partial charge < -0.3 is 4.74 Å². The van der Waals surface area contributed by atoms with Crippen molar-refractivity contribution in [2.75, 3.05) is 7.11 Å². The van der Waals surface area contributed by atoms with Gasteiger partial charge in [-0.3, -0.25) is 0 Å². The number of hydrogen-bond donors (Lipinski definition) is 0. The summed E-state index contributed by atoms with van der Waals surface area (Å²) in [6.07, 6.45) is 0. The molecular formula is C14H10FNO. The summed E-state index contributed by atoms with van der Waals surface area (Å²) in [5, 5.41) is 8.71. The molecule has 0 N–H and O–H groups in total. The van der Waals surface area contributed by atoms with Crippen molar-refractivity contribution < 1.29 is 9.13 Å². The van der Waals surface area contributed by atoms with Crippen LogP contribution in [0.2, 0.25) is 0 Å². The first-order chi connectivity index (χ1) is 8.24. The molecule has 0 aromatic heterocycles. The van der Waals surface area contributed by atoms with E-state index in [0.29, 0.717) is 16.9 Å². The smallest absolute Gasteiger partial charge is 0.126 e. The van der Waals surface area contributed by atoms with E-state index >= 15 is 0 Å². The number of benzene rings is 2. The lowest BCUT2D eigenvalue weighted by Crippen LogP contribution is -1.89. The van der Waals surface area contributed by atoms with Gasteiger partial charge in [0.15, 0.2) is 0 Å². The van der Waals surface area contributed by atoms with Crippen molar-refractivity contribution in [1.29, 1.82) is 5.26 Å². The highest BCUT2D eigenvalue weighted by molar-refractivity contribution is 5.70. The van der Waals surface area contributed by atoms with Crippen LogP contribution in [0.5, 0.6) is 5.75 Å². The number of hydrogen-bond acceptors (Lipinski definition) is 2. The SMILES string of the molecule is COc1ccc(F)cc1-c1ccc(C#N)cc1. The first-order valence-electron chi connectivity index (χ1n) is 5.08. The van der Waals surface area contributed by atoms with Crippen molar-refractivity contribution in [2.45, 2.75) is 0 Å². The van der Waals surface area contributed by atoms with E-state index in [1.807, 2.05) is 6.07 Å². The molecule has 0 saturated heterocycles. The van der Waals surface area contributed by atoms with Crippen molar-refractivity contribution in [3.8, 4) is 22.9 Å². The zero-order chi connectivity index (χ0) is 12.3. The molecule has 0 radical (unpaired) electrons. The average molecular weight is 227 g/mol. The number of nitriles is 1. The maximum absolute atomic E-state index is 13.2. The van der Waals surface area contributed by atoms with E-state index in [1.54, 1.807) is 37.4 Å². The third-order valence-corrected chi connectivity index (χ3v) is 2.49. The van der Waals surface area contributed by atoms with Gasteiger partial charge in [-0.05, 0) is 35.9 Å². The molecule has 0 heterocycles. The molecule has 3 heteroatoms. The third kappa shape index (κ3) is 2.26. The summed E-state index contributed by atoms with van der Waals surface area (Å²) in [5.74, 6) is 0.293. The molecule has 0 saturated carbocycles. The molecule has 17 heavy (non-hydrogen) atoms. The second kappa shape index (κ2) is 4.67. The van der Waals surface area contributed by atoms with Crippen LogP contribution >= 0.6 is 0 Å². The van der Waals surface area contributed by atoms with Gasteiger partial charge >= 0.3 is 0 Å². The van der Waals surface area contributed by atoms with Gasteiger partial charge in [-0.15, -0.1) is 0 Å². The predicted molar refractivity (Wildman–Crippen MR) is 63.1 cm³/mol. The zero-order valence-electron chi connectivity index (χ0n) is 9.27. The molecule has 0 aliphatic heterocycles. The Labute approximate surface area is 98.9 Å². The maximum atomic E-state index is 13.2. The normalized spacial score (nSPS) is 9.71. The second-order valence-corrected chi connectivity index (χ2v) is 3.53. The lowest BCUT2D eigenvalue weighted by Gasteiger charge is -2.08. The van der Waals surface area contributed by atoms with Crippen molar-refractivity contribution in [2.24, 2.45) is 0 Å². The molecule has 0 amide bonds. The van der Waals surface area contributed by atoms with Crippen molar-refractivity contribution in [3.63, 3.8) is 0 Å². The van der Waals surface area contributed by atoms with E-state index in [4.69, 9.17) is 10.00 Å². The highest BCUT2D eigenvalue weighted by Crippen LogP contribution is 2.30. The number of rotatable bonds is 2. The van der Waals surface area contributed by atoms with Crippen LogP contribution in [-0.2, 0) is 0 Å². The summed E-state index contributed by atoms with van der Waals surface area (Å²) in [5.41, 5.74) is 2.07. The fourth-order valence-corrected chi connectivity index (χ4v) is 1.63. The van der Waals surface area contributed by atoms with Crippen molar-refractivity contribution in [1.82, 2.24) is 0 Å². The fraction of sp³-hybridized carbons (Fsp3) is 0.0714. The summed E-state index contributed by atoms with van der Waals surface area (Å²) in [7, 11) is 1.54. The Balaban J connectivity index is 2.51. The Morgan fingerprint density at radius 3 is 2.41 bits per heavy atom. The minimum absolute atomic E-state index is 0.315. The highest BCUT2D eigenvalue weighted by Gasteiger charge is 2.07. The minimum atomic E-state index is -0.315. The van der Waals surface area contributed by atoms with E-state index < -0.39 is 0 Å². The first kappa shape index (κ1) is 11.2. The number of halogens is 1. The van der Waals surface area contributed by atoms with Crippen LogP contribution in [0.4, 0.5) is 4.39 Å². The molecule has 0 aliphatic carbocycles. The zero-order valence-corrected chi connectivity index (χ0v) is 9.27. The summed E-state index contributed by atoms with van der Waals surface area (Å²) in [4.78, 5) is 0. The third-order valence-electron chi connectivity index (χ3n) is 2.49. The Morgan fingerprint density at radius 2 is 1.82 bits per heavy atom. The van der Waals surface area contributed by atoms with Crippen LogP contribution in [0.1, 0.15) is 5.56 Å². The van der Waals surface area contributed by atoms with Crippen LogP contribution in [0.25, 0.3) is 11.1 Å². The lowest BCUT2D eigenvalue weighted by atomic mass is 10.0. The average Bonchev–Trinajstić information content (AvgIpc) is 2.39. The van der Waals surface area contributed by atoms with Crippen molar-refractivity contribution in [3.05, 3.63) is 53.8 Å². The predicted octanol–water partition coefficient (Wildman–Crippen LogP) is 3.37. The quantitative estimate of drug-likeness (QED) is 0.788. The van der Waals surface area contributed by atoms with Gasteiger partial charge in [-0.1, -0.05) is 12.1 Å². The molecule has 0 aliphatic rings. The Hall–Kier alpha value is -2.34. The van der Waals surface area contributed by atoms with Gasteiger partial charge in [-0.25, -0.2) is 4.39 Å². The highest BCUT2D eigenvalue weighted by atomic mass is 19.1. The second-order valence-electron chi connectivity index (χ2n) is 3.53. The van der Waals surface area contributed by atoms with Crippen molar-refractivity contribution >= 4 is 0 Å². The Morgan fingerprint density at radius 1 is 1.12 bits per heavy atom. The number of methoxy groups -OCH3 is 1. The van der Waals surface area contributed by atoms with Crippen LogP contribution < -0.4 is 4.74 Å². The van der Waals surface area contributed by atoms with Crippen LogP contribution in [-0.4, -0.2) is 7.11 Å². The molecule has 2 aromatic rings. The summed E-state index contributed by atoms with van der Waals surface area (Å²) in [6, 6.07) is 13.3. The molecule has 0 spiro atoms. The van der Waals surface area contributed by atoms with Crippen LogP contribution in [0.15, 0.2) is 42.5 Å². The largest absolute Gasteiger partial charge is 0.496 e. The van der Waals surface area contributed by atoms with Crippen LogP contribution in [0.3, 0.4) is 0 Å². The van der Waals surface area contributed by atoms with Crippen LogP contribution in [0, 0.1) is 17.1 Å². The number of ether oxygens (including phenoxy) is 1. The molecular weight excluding hydrogens is 217 g/mol. The monoisotopic (exact) mass is 227 g/mol. The molecule has 0 bridgehead atoms. The van der Waals surface area contributed by atoms with E-state index in [2.05, 4.69) is 0 Å². The van der Waals surface area contributed by atoms with Gasteiger partial charge in [0.25, 0.3) is 0 Å². The van der Waals surface area contributed by atoms with Gasteiger partial charge in [0.2, 0.25) is 0 Å². The fourth-order valence-electron chi connectivity index (χ4n) is 1.63. The maximum Gasteiger partial charge on any atom is 0.126 e. The Kier molecular flexibility index (Phi) is 3.06. The lowest BCUT2D eigenvalue weighted by molar-refractivity contribution is 0.415. The molecule has 84 valence electrons. The standard InChI is InChI=1S/C14H10FNO/c1-17-14-7-6-12(15)8-13(14)11-4-2-10(9-16)3-5-11/h2-8H,1H3.